The molecule has 1 N–H and O–H groups in total. The first-order valence-electron chi connectivity index (χ1n) is 4.23. The third-order valence-electron chi connectivity index (χ3n) is 1.25. The molecule has 0 aromatic rings. The van der Waals surface area contributed by atoms with Crippen LogP contribution >= 0.6 is 0 Å². The monoisotopic (exact) mass is 172 g/mol. The van der Waals surface area contributed by atoms with Crippen molar-refractivity contribution in [1.29, 1.82) is 0 Å². The number of ether oxygens (including phenoxy) is 1. The molecule has 4 nitrogen and oxygen atoms in total. The van der Waals surface area contributed by atoms with Gasteiger partial charge < -0.3 is 10.1 Å². The molecule has 0 heterocycles. The first-order valence-corrected chi connectivity index (χ1v) is 4.23. The maximum Gasteiger partial charge on any atom is 0.300 e. The molecule has 70 valence electrons. The molecule has 0 saturated heterocycles. The average Bonchev–Trinajstić information content (AvgIpc) is 2.06. The van der Waals surface area contributed by atoms with Gasteiger partial charge in [-0.3, -0.25) is 4.79 Å². The number of nitrogens with one attached hydrogen (secondary N) is 1. The van der Waals surface area contributed by atoms with E-state index in [1.807, 2.05) is 6.92 Å². The highest BCUT2D eigenvalue weighted by atomic mass is 16.5. The van der Waals surface area contributed by atoms with Gasteiger partial charge in [-0.15, -0.1) is 0 Å². The number of nitrogens with zero attached hydrogens (tertiary/aromatic N) is 1. The Kier molecular flexibility index (Phi) is 7.33. The smallest absolute Gasteiger partial charge is 0.300 e. The predicted molar refractivity (Wildman–Crippen MR) is 48.0 cm³/mol. The third kappa shape index (κ3) is 5.70. The molecule has 0 aliphatic rings. The number of rotatable bonds is 5. The molecule has 0 radical (unpaired) electrons. The third-order valence-corrected chi connectivity index (χ3v) is 1.25. The molecule has 0 unspecified atom stereocenters. The van der Waals surface area contributed by atoms with Crippen molar-refractivity contribution in [2.75, 3.05) is 13.1 Å². The van der Waals surface area contributed by atoms with Gasteiger partial charge in [-0.2, -0.15) is 0 Å². The van der Waals surface area contributed by atoms with Gasteiger partial charge in [0.25, 0.3) is 6.02 Å². The van der Waals surface area contributed by atoms with Gasteiger partial charge in [0, 0.05) is 13.1 Å². The lowest BCUT2D eigenvalue weighted by Crippen LogP contribution is -2.25. The number of hydrogen-bond acceptors (Lipinski definition) is 3. The molecule has 12 heavy (non-hydrogen) atoms. The summed E-state index contributed by atoms with van der Waals surface area (Å²) >= 11 is 0. The van der Waals surface area contributed by atoms with Gasteiger partial charge in [-0.1, -0.05) is 13.3 Å². The molecule has 0 aromatic heterocycles. The van der Waals surface area contributed by atoms with Crippen LogP contribution in [-0.4, -0.2) is 25.6 Å². The van der Waals surface area contributed by atoms with E-state index in [0.717, 1.165) is 12.8 Å². The maximum absolute atomic E-state index is 9.98. The molecule has 0 amide bonds. The topological polar surface area (TPSA) is 50.7 Å². The summed E-state index contributed by atoms with van der Waals surface area (Å²) in [5.41, 5.74) is 0. The SMILES string of the molecule is CCCCN=C(NCC)OC=O. The van der Waals surface area contributed by atoms with E-state index in [1.165, 1.54) is 0 Å². The molecular formula is C8H16N2O2. The van der Waals surface area contributed by atoms with Crippen LogP contribution in [0.4, 0.5) is 0 Å². The van der Waals surface area contributed by atoms with Crippen LogP contribution in [0.15, 0.2) is 4.99 Å². The van der Waals surface area contributed by atoms with Gasteiger partial charge in [0.05, 0.1) is 0 Å². The first kappa shape index (κ1) is 10.9. The molecule has 0 fully saturated rings. The van der Waals surface area contributed by atoms with E-state index >= 15 is 0 Å². The fraction of sp³-hybridized carbons (Fsp3) is 0.750. The lowest BCUT2D eigenvalue weighted by molar-refractivity contribution is -0.121. The summed E-state index contributed by atoms with van der Waals surface area (Å²) in [6.07, 6.45) is 2.10. The van der Waals surface area contributed by atoms with Gasteiger partial charge in [0.1, 0.15) is 0 Å². The Hall–Kier alpha value is -1.06. The van der Waals surface area contributed by atoms with E-state index in [0.29, 0.717) is 25.6 Å². The van der Waals surface area contributed by atoms with Gasteiger partial charge in [0.15, 0.2) is 0 Å². The van der Waals surface area contributed by atoms with Gasteiger partial charge in [-0.25, -0.2) is 4.99 Å². The second-order valence-electron chi connectivity index (χ2n) is 2.28. The Balaban J connectivity index is 3.72. The van der Waals surface area contributed by atoms with Crippen molar-refractivity contribution in [3.8, 4) is 0 Å². The van der Waals surface area contributed by atoms with Crippen molar-refractivity contribution in [1.82, 2.24) is 5.32 Å². The van der Waals surface area contributed by atoms with Gasteiger partial charge in [0.2, 0.25) is 0 Å². The number of unbranched alkanes of at least 4 members (excludes halogenated alkanes) is 1. The Bertz CT molecular complexity index is 146. The molecule has 0 atom stereocenters. The van der Waals surface area contributed by atoms with Crippen LogP contribution in [0.25, 0.3) is 0 Å². The summed E-state index contributed by atoms with van der Waals surface area (Å²) in [6, 6.07) is 0.320. The zero-order valence-electron chi connectivity index (χ0n) is 7.67. The van der Waals surface area contributed by atoms with E-state index in [1.54, 1.807) is 0 Å². The highest BCUT2D eigenvalue weighted by Gasteiger charge is 1.94. The van der Waals surface area contributed by atoms with Gasteiger partial charge >= 0.3 is 6.47 Å². The molecule has 0 spiro atoms. The largest absolute Gasteiger partial charge is 0.395 e. The van der Waals surface area contributed by atoms with Crippen molar-refractivity contribution in [3.05, 3.63) is 0 Å². The standard InChI is InChI=1S/C8H16N2O2/c1-3-5-6-10-8(9-4-2)12-7-11/h7H,3-6H2,1-2H3,(H,9,10). The average molecular weight is 172 g/mol. The maximum atomic E-state index is 9.98. The zero-order chi connectivity index (χ0) is 9.23. The van der Waals surface area contributed by atoms with E-state index in [-0.39, 0.29) is 0 Å². The number of hydrogen-bond donors (Lipinski definition) is 1. The Morgan fingerprint density at radius 2 is 2.33 bits per heavy atom. The van der Waals surface area contributed by atoms with Crippen LogP contribution in [0.5, 0.6) is 0 Å². The highest BCUT2D eigenvalue weighted by Crippen LogP contribution is 1.87. The lowest BCUT2D eigenvalue weighted by Gasteiger charge is -2.03. The quantitative estimate of drug-likeness (QED) is 0.290. The normalized spacial score (nSPS) is 11.0. The van der Waals surface area contributed by atoms with Crippen LogP contribution in [0.2, 0.25) is 0 Å². The summed E-state index contributed by atoms with van der Waals surface area (Å²) in [5, 5.41) is 2.84. The van der Waals surface area contributed by atoms with Crippen LogP contribution in [-0.2, 0) is 9.53 Å². The summed E-state index contributed by atoms with van der Waals surface area (Å²) in [7, 11) is 0. The van der Waals surface area contributed by atoms with Crippen molar-refractivity contribution in [2.45, 2.75) is 26.7 Å². The predicted octanol–water partition coefficient (Wildman–Crippen LogP) is 0.925. The van der Waals surface area contributed by atoms with Crippen LogP contribution in [0, 0.1) is 0 Å². The minimum atomic E-state index is 0.320. The lowest BCUT2D eigenvalue weighted by atomic mass is 10.3. The zero-order valence-corrected chi connectivity index (χ0v) is 7.67. The highest BCUT2D eigenvalue weighted by molar-refractivity contribution is 5.79. The Labute approximate surface area is 73.0 Å². The Morgan fingerprint density at radius 3 is 2.83 bits per heavy atom. The summed E-state index contributed by atoms with van der Waals surface area (Å²) in [6.45, 7) is 5.80. The van der Waals surface area contributed by atoms with Crippen LogP contribution in [0.1, 0.15) is 26.7 Å². The van der Waals surface area contributed by atoms with Crippen molar-refractivity contribution in [2.24, 2.45) is 4.99 Å². The molecule has 0 bridgehead atoms. The minimum Gasteiger partial charge on any atom is -0.395 e. The summed E-state index contributed by atoms with van der Waals surface area (Å²) < 4.78 is 4.59. The number of carbonyl (C=O) groups excluding carboxylic acids is 1. The molecule has 0 rings (SSSR count). The number of aliphatic imine (C=N–C) groups is 1. The van der Waals surface area contributed by atoms with E-state index in [2.05, 4.69) is 22.0 Å². The minimum absolute atomic E-state index is 0.320. The second kappa shape index (κ2) is 8.04. The van der Waals surface area contributed by atoms with Crippen LogP contribution in [0.3, 0.4) is 0 Å². The van der Waals surface area contributed by atoms with E-state index < -0.39 is 0 Å². The Morgan fingerprint density at radius 1 is 1.58 bits per heavy atom. The van der Waals surface area contributed by atoms with Crippen molar-refractivity contribution < 1.29 is 9.53 Å². The fourth-order valence-corrected chi connectivity index (χ4v) is 0.670. The van der Waals surface area contributed by atoms with E-state index in [4.69, 9.17) is 0 Å². The van der Waals surface area contributed by atoms with Crippen LogP contribution < -0.4 is 5.32 Å². The first-order chi connectivity index (χ1) is 5.85. The summed E-state index contributed by atoms with van der Waals surface area (Å²) in [4.78, 5) is 14.0. The molecular weight excluding hydrogens is 156 g/mol. The molecule has 4 heteroatoms. The second-order valence-corrected chi connectivity index (χ2v) is 2.28. The number of carbonyl (C=O) groups is 1. The van der Waals surface area contributed by atoms with Gasteiger partial charge in [-0.05, 0) is 13.3 Å². The number of amidine groups is 1. The molecule has 0 aliphatic carbocycles. The summed E-state index contributed by atoms with van der Waals surface area (Å²) in [5.74, 6) is 0. The van der Waals surface area contributed by atoms with E-state index in [9.17, 15) is 4.79 Å². The fourth-order valence-electron chi connectivity index (χ4n) is 0.670. The molecule has 0 aliphatic heterocycles. The molecule has 0 saturated carbocycles. The van der Waals surface area contributed by atoms with Crippen molar-refractivity contribution in [3.63, 3.8) is 0 Å². The van der Waals surface area contributed by atoms with Crippen molar-refractivity contribution >= 4 is 12.5 Å². The molecule has 0 aromatic carbocycles.